The van der Waals surface area contributed by atoms with Gasteiger partial charge in [-0.05, 0) is 12.8 Å². The van der Waals surface area contributed by atoms with Crippen LogP contribution in [-0.2, 0) is 0 Å². The summed E-state index contributed by atoms with van der Waals surface area (Å²) in [4.78, 5) is 7.93. The molecule has 0 aromatic carbocycles. The molecule has 1 atom stereocenters. The minimum Gasteiger partial charge on any atom is -0.241 e. The smallest absolute Gasteiger partial charge is 0.136 e. The monoisotopic (exact) mass is 195 g/mol. The molecule has 3 nitrogen and oxygen atoms in total. The Kier molecular flexibility index (Phi) is 3.21. The zero-order valence-electron chi connectivity index (χ0n) is 7.58. The van der Waals surface area contributed by atoms with E-state index >= 15 is 0 Å². The minimum atomic E-state index is 0.0960. The average molecular weight is 196 g/mol. The van der Waals surface area contributed by atoms with Crippen molar-refractivity contribution in [3.05, 3.63) is 22.7 Å². The fourth-order valence-electron chi connectivity index (χ4n) is 1.25. The van der Waals surface area contributed by atoms with E-state index in [0.29, 0.717) is 11.6 Å². The van der Waals surface area contributed by atoms with Gasteiger partial charge in [0.2, 0.25) is 0 Å². The van der Waals surface area contributed by atoms with E-state index in [2.05, 4.69) is 16.0 Å². The molecule has 0 saturated heterocycles. The van der Waals surface area contributed by atoms with Crippen LogP contribution in [0.1, 0.15) is 30.5 Å². The van der Waals surface area contributed by atoms with E-state index in [1.165, 1.54) is 6.33 Å². The van der Waals surface area contributed by atoms with E-state index < -0.39 is 0 Å². The van der Waals surface area contributed by atoms with Crippen LogP contribution in [-0.4, -0.2) is 9.97 Å². The van der Waals surface area contributed by atoms with Crippen LogP contribution < -0.4 is 0 Å². The van der Waals surface area contributed by atoms with Crippen LogP contribution >= 0.6 is 11.6 Å². The number of nitrogens with zero attached hydrogens (tertiary/aromatic N) is 3. The molecule has 1 aromatic rings. The standard InChI is InChI=1S/C9H10ClN3/c1-6(3-4-11)8-7(2)12-5-13-9(8)10/h5-6H,3H2,1-2H3/t6-/m1/s1. The average Bonchev–Trinajstić information content (AvgIpc) is 2.04. The number of nitriles is 1. The fourth-order valence-corrected chi connectivity index (χ4v) is 1.62. The first-order valence-corrected chi connectivity index (χ1v) is 4.38. The van der Waals surface area contributed by atoms with Crippen molar-refractivity contribution in [3.63, 3.8) is 0 Å². The molecule has 4 heteroatoms. The quantitative estimate of drug-likeness (QED) is 0.682. The predicted octanol–water partition coefficient (Wildman–Crippen LogP) is 2.46. The van der Waals surface area contributed by atoms with Crippen LogP contribution in [0.15, 0.2) is 6.33 Å². The lowest BCUT2D eigenvalue weighted by atomic mass is 9.99. The summed E-state index contributed by atoms with van der Waals surface area (Å²) in [5.41, 5.74) is 1.73. The van der Waals surface area contributed by atoms with Gasteiger partial charge in [0.05, 0.1) is 6.07 Å². The van der Waals surface area contributed by atoms with Gasteiger partial charge >= 0.3 is 0 Å². The molecule has 68 valence electrons. The van der Waals surface area contributed by atoms with E-state index in [-0.39, 0.29) is 5.92 Å². The Bertz CT molecular complexity index is 323. The van der Waals surface area contributed by atoms with Gasteiger partial charge in [-0.3, -0.25) is 0 Å². The van der Waals surface area contributed by atoms with Crippen molar-refractivity contribution >= 4 is 11.6 Å². The lowest BCUT2D eigenvalue weighted by Crippen LogP contribution is -2.00. The lowest BCUT2D eigenvalue weighted by molar-refractivity contribution is 0.765. The van der Waals surface area contributed by atoms with Gasteiger partial charge in [0, 0.05) is 17.7 Å². The summed E-state index contributed by atoms with van der Waals surface area (Å²) >= 11 is 5.90. The number of aryl methyl sites for hydroxylation is 1. The second-order valence-electron chi connectivity index (χ2n) is 2.93. The van der Waals surface area contributed by atoms with Gasteiger partial charge in [-0.2, -0.15) is 5.26 Å². The minimum absolute atomic E-state index is 0.0960. The normalized spacial score (nSPS) is 12.2. The molecule has 1 aromatic heterocycles. The van der Waals surface area contributed by atoms with Crippen molar-refractivity contribution in [3.8, 4) is 6.07 Å². The number of rotatable bonds is 2. The predicted molar refractivity (Wildman–Crippen MR) is 50.4 cm³/mol. The second-order valence-corrected chi connectivity index (χ2v) is 3.28. The molecule has 0 radical (unpaired) electrons. The van der Waals surface area contributed by atoms with Crippen LogP contribution in [0.2, 0.25) is 5.15 Å². The number of hydrogen-bond acceptors (Lipinski definition) is 3. The first kappa shape index (κ1) is 9.94. The summed E-state index contributed by atoms with van der Waals surface area (Å²) < 4.78 is 0. The molecule has 0 saturated carbocycles. The van der Waals surface area contributed by atoms with E-state index in [1.54, 1.807) is 0 Å². The largest absolute Gasteiger partial charge is 0.241 e. The van der Waals surface area contributed by atoms with Gasteiger partial charge in [-0.15, -0.1) is 0 Å². The van der Waals surface area contributed by atoms with Crippen LogP contribution in [0.3, 0.4) is 0 Å². The van der Waals surface area contributed by atoms with Crippen molar-refractivity contribution in [2.24, 2.45) is 0 Å². The molecule has 1 heterocycles. The summed E-state index contributed by atoms with van der Waals surface area (Å²) in [6, 6.07) is 2.11. The van der Waals surface area contributed by atoms with Crippen LogP contribution in [0.25, 0.3) is 0 Å². The number of halogens is 1. The molecule has 0 amide bonds. The number of hydrogen-bond donors (Lipinski definition) is 0. The first-order valence-electron chi connectivity index (χ1n) is 4.00. The highest BCUT2D eigenvalue weighted by atomic mass is 35.5. The number of aromatic nitrogens is 2. The molecule has 0 fully saturated rings. The van der Waals surface area contributed by atoms with Crippen LogP contribution in [0.4, 0.5) is 0 Å². The summed E-state index contributed by atoms with van der Waals surface area (Å²) in [6.45, 7) is 3.82. The molecule has 0 aliphatic heterocycles. The van der Waals surface area contributed by atoms with Crippen molar-refractivity contribution < 1.29 is 0 Å². The summed E-state index contributed by atoms with van der Waals surface area (Å²) in [6.07, 6.45) is 1.87. The second kappa shape index (κ2) is 4.20. The summed E-state index contributed by atoms with van der Waals surface area (Å²) in [7, 11) is 0. The first-order chi connectivity index (χ1) is 6.16. The van der Waals surface area contributed by atoms with Gasteiger partial charge in [0.1, 0.15) is 11.5 Å². The Labute approximate surface area is 82.4 Å². The maximum absolute atomic E-state index is 8.55. The maximum atomic E-state index is 8.55. The van der Waals surface area contributed by atoms with E-state index in [0.717, 1.165) is 11.3 Å². The van der Waals surface area contributed by atoms with Gasteiger partial charge in [0.15, 0.2) is 0 Å². The van der Waals surface area contributed by atoms with Crippen LogP contribution in [0.5, 0.6) is 0 Å². The SMILES string of the molecule is Cc1ncnc(Cl)c1[C@H](C)CC#N. The molecule has 0 aliphatic carbocycles. The topological polar surface area (TPSA) is 49.6 Å². The van der Waals surface area contributed by atoms with Gasteiger partial charge in [-0.25, -0.2) is 9.97 Å². The molecule has 0 aliphatic rings. The Morgan fingerprint density at radius 1 is 1.62 bits per heavy atom. The van der Waals surface area contributed by atoms with E-state index in [9.17, 15) is 0 Å². The molecule has 0 spiro atoms. The zero-order chi connectivity index (χ0) is 9.84. The van der Waals surface area contributed by atoms with Gasteiger partial charge < -0.3 is 0 Å². The van der Waals surface area contributed by atoms with Gasteiger partial charge in [-0.1, -0.05) is 18.5 Å². The van der Waals surface area contributed by atoms with Crippen LogP contribution in [0, 0.1) is 18.3 Å². The third-order valence-electron chi connectivity index (χ3n) is 1.92. The summed E-state index contributed by atoms with van der Waals surface area (Å²) in [5, 5.41) is 9.00. The van der Waals surface area contributed by atoms with Gasteiger partial charge in [0.25, 0.3) is 0 Å². The highest BCUT2D eigenvalue weighted by molar-refractivity contribution is 6.30. The van der Waals surface area contributed by atoms with E-state index in [4.69, 9.17) is 16.9 Å². The third-order valence-corrected chi connectivity index (χ3v) is 2.23. The van der Waals surface area contributed by atoms with Crippen molar-refractivity contribution in [2.75, 3.05) is 0 Å². The highest BCUT2D eigenvalue weighted by Gasteiger charge is 2.13. The molecule has 13 heavy (non-hydrogen) atoms. The third kappa shape index (κ3) is 2.16. The molecule has 0 bridgehead atoms. The lowest BCUT2D eigenvalue weighted by Gasteiger charge is -2.10. The van der Waals surface area contributed by atoms with Crippen molar-refractivity contribution in [1.29, 1.82) is 5.26 Å². The van der Waals surface area contributed by atoms with Crippen molar-refractivity contribution in [1.82, 2.24) is 9.97 Å². The zero-order valence-corrected chi connectivity index (χ0v) is 8.34. The van der Waals surface area contributed by atoms with E-state index in [1.807, 2.05) is 13.8 Å². The Balaban J connectivity index is 3.06. The molecular weight excluding hydrogens is 186 g/mol. The molecule has 1 rings (SSSR count). The molecular formula is C9H10ClN3. The Morgan fingerprint density at radius 3 is 2.85 bits per heavy atom. The molecule has 0 unspecified atom stereocenters. The Hall–Kier alpha value is -1.14. The maximum Gasteiger partial charge on any atom is 0.136 e. The fraction of sp³-hybridized carbons (Fsp3) is 0.444. The van der Waals surface area contributed by atoms with Crippen molar-refractivity contribution in [2.45, 2.75) is 26.2 Å². The molecule has 0 N–H and O–H groups in total. The highest BCUT2D eigenvalue weighted by Crippen LogP contribution is 2.26. The Morgan fingerprint density at radius 2 is 2.31 bits per heavy atom. The summed E-state index contributed by atoms with van der Waals surface area (Å²) in [5.74, 6) is 0.0960.